The van der Waals surface area contributed by atoms with Gasteiger partial charge in [0, 0.05) is 6.61 Å². The zero-order chi connectivity index (χ0) is 13.5. The molecule has 0 bridgehead atoms. The fourth-order valence-electron chi connectivity index (χ4n) is 2.44. The monoisotopic (exact) mass is 266 g/mol. The van der Waals surface area contributed by atoms with Crippen molar-refractivity contribution in [3.05, 3.63) is 0 Å². The van der Waals surface area contributed by atoms with Gasteiger partial charge >= 0.3 is 7.60 Å². The first-order valence-electron chi connectivity index (χ1n) is 6.57. The van der Waals surface area contributed by atoms with E-state index in [0.29, 0.717) is 25.9 Å². The molecular formula is C12H27O4P. The lowest BCUT2D eigenvalue weighted by atomic mass is 9.89. The summed E-state index contributed by atoms with van der Waals surface area (Å²) >= 11 is 0. The van der Waals surface area contributed by atoms with E-state index in [1.807, 2.05) is 27.7 Å². The smallest absolute Gasteiger partial charge is 0.331 e. The lowest BCUT2D eigenvalue weighted by molar-refractivity contribution is -0.0537. The molecule has 4 nitrogen and oxygen atoms in total. The molecule has 0 aromatic carbocycles. The number of hydrogen-bond donors (Lipinski definition) is 2. The Hall–Kier alpha value is 0.110. The van der Waals surface area contributed by atoms with E-state index in [0.717, 1.165) is 12.8 Å². The van der Waals surface area contributed by atoms with Gasteiger partial charge in [-0.05, 0) is 26.2 Å². The maximum Gasteiger partial charge on any atom is 0.331 e. The van der Waals surface area contributed by atoms with Gasteiger partial charge in [0.25, 0.3) is 0 Å². The average molecular weight is 266 g/mol. The first kappa shape index (κ1) is 17.1. The third kappa shape index (κ3) is 4.70. The van der Waals surface area contributed by atoms with Crippen LogP contribution in [0.15, 0.2) is 0 Å². The molecule has 0 amide bonds. The predicted octanol–water partition coefficient (Wildman–Crippen LogP) is 3.32. The Balaban J connectivity index is 5.13. The van der Waals surface area contributed by atoms with E-state index in [1.165, 1.54) is 0 Å². The van der Waals surface area contributed by atoms with E-state index in [9.17, 15) is 14.4 Å². The second kappa shape index (κ2) is 7.52. The molecule has 0 aliphatic rings. The molecule has 0 fully saturated rings. The number of hydrogen-bond acceptors (Lipinski definition) is 2. The number of rotatable bonds is 9. The van der Waals surface area contributed by atoms with Crippen LogP contribution in [0.1, 0.15) is 59.8 Å². The highest BCUT2D eigenvalue weighted by atomic mass is 31.2. The molecule has 0 aliphatic carbocycles. The van der Waals surface area contributed by atoms with E-state index >= 15 is 0 Å². The molecule has 5 heteroatoms. The van der Waals surface area contributed by atoms with Gasteiger partial charge in [-0.3, -0.25) is 4.57 Å². The van der Waals surface area contributed by atoms with Crippen molar-refractivity contribution in [1.29, 1.82) is 0 Å². The summed E-state index contributed by atoms with van der Waals surface area (Å²) in [6.07, 6.45) is 3.56. The van der Waals surface area contributed by atoms with Gasteiger partial charge in [0.05, 0.1) is 11.3 Å². The van der Waals surface area contributed by atoms with Crippen LogP contribution in [-0.4, -0.2) is 27.7 Å². The van der Waals surface area contributed by atoms with Crippen molar-refractivity contribution < 1.29 is 19.1 Å². The van der Waals surface area contributed by atoms with Gasteiger partial charge in [0.1, 0.15) is 0 Å². The van der Waals surface area contributed by atoms with Crippen molar-refractivity contribution in [1.82, 2.24) is 0 Å². The molecule has 1 unspecified atom stereocenters. The third-order valence-electron chi connectivity index (χ3n) is 3.47. The Morgan fingerprint density at radius 3 is 2.00 bits per heavy atom. The molecule has 0 aliphatic heterocycles. The van der Waals surface area contributed by atoms with E-state index in [4.69, 9.17) is 4.74 Å². The topological polar surface area (TPSA) is 66.8 Å². The van der Waals surface area contributed by atoms with Crippen LogP contribution in [0.3, 0.4) is 0 Å². The largest absolute Gasteiger partial charge is 0.374 e. The molecule has 0 rings (SSSR count). The highest BCUT2D eigenvalue weighted by Gasteiger charge is 2.46. The van der Waals surface area contributed by atoms with Crippen LogP contribution in [0.4, 0.5) is 0 Å². The second-order valence-corrected chi connectivity index (χ2v) is 6.25. The predicted molar refractivity (Wildman–Crippen MR) is 70.3 cm³/mol. The average Bonchev–Trinajstić information content (AvgIpc) is 2.26. The first-order valence-corrected chi connectivity index (χ1v) is 8.25. The minimum Gasteiger partial charge on any atom is -0.374 e. The molecule has 0 heterocycles. The van der Waals surface area contributed by atoms with Crippen LogP contribution in [0.5, 0.6) is 0 Å². The van der Waals surface area contributed by atoms with Gasteiger partial charge in [0.15, 0.2) is 0 Å². The highest BCUT2D eigenvalue weighted by Crippen LogP contribution is 2.52. The summed E-state index contributed by atoms with van der Waals surface area (Å²) in [5, 5.41) is 0. The summed E-state index contributed by atoms with van der Waals surface area (Å²) in [6.45, 7) is 8.26. The van der Waals surface area contributed by atoms with Gasteiger partial charge in [-0.2, -0.15) is 0 Å². The molecule has 0 saturated heterocycles. The van der Waals surface area contributed by atoms with Crippen molar-refractivity contribution in [3.63, 3.8) is 0 Å². The fraction of sp³-hybridized carbons (Fsp3) is 1.00. The van der Waals surface area contributed by atoms with E-state index in [2.05, 4.69) is 0 Å². The molecule has 0 aromatic rings. The van der Waals surface area contributed by atoms with Crippen molar-refractivity contribution in [2.24, 2.45) is 0 Å². The van der Waals surface area contributed by atoms with Gasteiger partial charge in [0.2, 0.25) is 0 Å². The molecule has 0 spiro atoms. The van der Waals surface area contributed by atoms with Gasteiger partial charge in [-0.1, -0.05) is 33.6 Å². The fourth-order valence-corrected chi connectivity index (χ4v) is 4.02. The maximum absolute atomic E-state index is 11.7. The zero-order valence-electron chi connectivity index (χ0n) is 11.5. The Bertz CT molecular complexity index is 245. The summed E-state index contributed by atoms with van der Waals surface area (Å²) in [7, 11) is -4.11. The van der Waals surface area contributed by atoms with Gasteiger partial charge < -0.3 is 14.5 Å². The van der Waals surface area contributed by atoms with Crippen LogP contribution in [-0.2, 0) is 9.30 Å². The van der Waals surface area contributed by atoms with Gasteiger partial charge in [-0.25, -0.2) is 0 Å². The minimum atomic E-state index is -4.11. The highest BCUT2D eigenvalue weighted by molar-refractivity contribution is 7.52. The molecule has 2 N–H and O–H groups in total. The van der Waals surface area contributed by atoms with E-state index in [1.54, 1.807) is 0 Å². The van der Waals surface area contributed by atoms with Crippen LogP contribution in [0.2, 0.25) is 0 Å². The lowest BCUT2D eigenvalue weighted by Crippen LogP contribution is -2.44. The van der Waals surface area contributed by atoms with Crippen LogP contribution < -0.4 is 0 Å². The Labute approximate surface area is 105 Å². The molecule has 0 saturated carbocycles. The van der Waals surface area contributed by atoms with Crippen molar-refractivity contribution >= 4 is 7.60 Å². The number of unbranched alkanes of at least 4 members (excludes halogenated alkanes) is 1. The third-order valence-corrected chi connectivity index (χ3v) is 5.01. The van der Waals surface area contributed by atoms with E-state index in [-0.39, 0.29) is 0 Å². The molecule has 17 heavy (non-hydrogen) atoms. The Morgan fingerprint density at radius 1 is 1.18 bits per heavy atom. The van der Waals surface area contributed by atoms with Crippen LogP contribution in [0.25, 0.3) is 0 Å². The minimum absolute atomic E-state index is 0.490. The summed E-state index contributed by atoms with van der Waals surface area (Å²) in [6, 6.07) is 0. The summed E-state index contributed by atoms with van der Waals surface area (Å²) in [5.74, 6) is 0. The normalized spacial score (nSPS) is 14.9. The van der Waals surface area contributed by atoms with E-state index < -0.39 is 18.9 Å². The summed E-state index contributed by atoms with van der Waals surface area (Å²) in [5.41, 5.74) is -1.35. The van der Waals surface area contributed by atoms with Crippen LogP contribution >= 0.6 is 7.60 Å². The van der Waals surface area contributed by atoms with Gasteiger partial charge in [-0.15, -0.1) is 0 Å². The van der Waals surface area contributed by atoms with Crippen molar-refractivity contribution in [2.45, 2.75) is 71.1 Å². The lowest BCUT2D eigenvalue weighted by Gasteiger charge is -2.39. The van der Waals surface area contributed by atoms with Crippen LogP contribution in [0, 0.1) is 0 Å². The second-order valence-electron chi connectivity index (χ2n) is 4.45. The molecule has 104 valence electrons. The molecule has 0 aromatic heterocycles. The Kier molecular flexibility index (Phi) is 7.57. The SMILES string of the molecule is CCCCC(C(CC)(CC)OCC)P(=O)(O)O. The molecule has 1 atom stereocenters. The summed E-state index contributed by atoms with van der Waals surface area (Å²) in [4.78, 5) is 19.1. The maximum atomic E-state index is 11.7. The van der Waals surface area contributed by atoms with Crippen molar-refractivity contribution in [3.8, 4) is 0 Å². The zero-order valence-corrected chi connectivity index (χ0v) is 12.4. The standard InChI is InChI=1S/C12H27O4P/c1-5-9-10-11(17(13,14)15)12(6-2,7-3)16-8-4/h11H,5-10H2,1-4H3,(H2,13,14,15). The quantitative estimate of drug-likeness (QED) is 0.628. The first-order chi connectivity index (χ1) is 7.87. The van der Waals surface area contributed by atoms with Crippen molar-refractivity contribution in [2.75, 3.05) is 6.61 Å². The summed E-state index contributed by atoms with van der Waals surface area (Å²) < 4.78 is 17.4. The molecular weight excluding hydrogens is 239 g/mol. The number of ether oxygens (including phenoxy) is 1. The Morgan fingerprint density at radius 2 is 1.71 bits per heavy atom. The molecule has 0 radical (unpaired) electrons.